The van der Waals surface area contributed by atoms with Crippen LogP contribution in [-0.4, -0.2) is 15.7 Å². The van der Waals surface area contributed by atoms with E-state index in [-0.39, 0.29) is 11.4 Å². The Kier molecular flexibility index (Phi) is 4.68. The van der Waals surface area contributed by atoms with Gasteiger partial charge in [-0.2, -0.15) is 5.10 Å². The number of hydrogen-bond acceptors (Lipinski definition) is 3. The predicted octanol–water partition coefficient (Wildman–Crippen LogP) is 5.04. The van der Waals surface area contributed by atoms with Gasteiger partial charge in [0.05, 0.1) is 16.9 Å². The number of halogens is 2. The van der Waals surface area contributed by atoms with Gasteiger partial charge in [-0.25, -0.2) is 18.3 Å². The molecule has 0 bridgehead atoms. The number of esters is 1. The molecule has 4 nitrogen and oxygen atoms in total. The molecule has 0 atom stereocenters. The van der Waals surface area contributed by atoms with Gasteiger partial charge >= 0.3 is 5.97 Å². The van der Waals surface area contributed by atoms with Gasteiger partial charge in [0.25, 0.3) is 0 Å². The van der Waals surface area contributed by atoms with Crippen LogP contribution in [0.1, 0.15) is 10.4 Å². The molecule has 0 fully saturated rings. The van der Waals surface area contributed by atoms with E-state index in [0.29, 0.717) is 11.4 Å². The average molecular weight is 376 g/mol. The van der Waals surface area contributed by atoms with Crippen LogP contribution in [0.25, 0.3) is 16.9 Å². The van der Waals surface area contributed by atoms with E-state index < -0.39 is 17.6 Å². The van der Waals surface area contributed by atoms with Crippen LogP contribution in [-0.2, 0) is 0 Å². The second-order valence-electron chi connectivity index (χ2n) is 6.02. The smallest absolute Gasteiger partial charge is 0.344 e. The molecule has 0 saturated carbocycles. The fourth-order valence-corrected chi connectivity index (χ4v) is 2.72. The standard InChI is InChI=1S/C22H14F2N2O2/c23-17-9-11-19(12-10-17)26-21(14-20(25-26)15-5-2-1-3-6-15)28-22(27)16-7-4-8-18(24)13-16/h1-14H. The van der Waals surface area contributed by atoms with Crippen molar-refractivity contribution in [1.82, 2.24) is 9.78 Å². The summed E-state index contributed by atoms with van der Waals surface area (Å²) in [6.45, 7) is 0. The average Bonchev–Trinajstić information content (AvgIpc) is 3.13. The van der Waals surface area contributed by atoms with Gasteiger partial charge < -0.3 is 4.74 Å². The maximum atomic E-state index is 13.4. The van der Waals surface area contributed by atoms with E-state index >= 15 is 0 Å². The van der Waals surface area contributed by atoms with Gasteiger partial charge in [-0.05, 0) is 42.5 Å². The van der Waals surface area contributed by atoms with Gasteiger partial charge in [0.15, 0.2) is 0 Å². The second kappa shape index (κ2) is 7.44. The summed E-state index contributed by atoms with van der Waals surface area (Å²) in [4.78, 5) is 12.5. The first-order valence-electron chi connectivity index (χ1n) is 8.49. The van der Waals surface area contributed by atoms with Crippen LogP contribution in [0.15, 0.2) is 84.9 Å². The van der Waals surface area contributed by atoms with Gasteiger partial charge in [-0.3, -0.25) is 0 Å². The summed E-state index contributed by atoms with van der Waals surface area (Å²) >= 11 is 0. The van der Waals surface area contributed by atoms with Gasteiger partial charge in [0.2, 0.25) is 5.88 Å². The summed E-state index contributed by atoms with van der Waals surface area (Å²) in [5.74, 6) is -1.51. The van der Waals surface area contributed by atoms with Crippen molar-refractivity contribution in [3.8, 4) is 22.8 Å². The molecule has 28 heavy (non-hydrogen) atoms. The van der Waals surface area contributed by atoms with Crippen LogP contribution < -0.4 is 4.74 Å². The summed E-state index contributed by atoms with van der Waals surface area (Å²) in [5.41, 5.74) is 2.00. The zero-order chi connectivity index (χ0) is 19.5. The highest BCUT2D eigenvalue weighted by Gasteiger charge is 2.17. The molecule has 1 aromatic heterocycles. The first-order valence-corrected chi connectivity index (χ1v) is 8.49. The highest BCUT2D eigenvalue weighted by atomic mass is 19.1. The number of ether oxygens (including phenoxy) is 1. The normalized spacial score (nSPS) is 10.6. The molecule has 0 aliphatic heterocycles. The Morgan fingerprint density at radius 1 is 0.821 bits per heavy atom. The number of rotatable bonds is 4. The predicted molar refractivity (Wildman–Crippen MR) is 100 cm³/mol. The van der Waals surface area contributed by atoms with Crippen LogP contribution in [0, 0.1) is 11.6 Å². The fraction of sp³-hybridized carbons (Fsp3) is 0. The third-order valence-corrected chi connectivity index (χ3v) is 4.08. The zero-order valence-electron chi connectivity index (χ0n) is 14.5. The number of carbonyl (C=O) groups excluding carboxylic acids is 1. The van der Waals surface area contributed by atoms with Gasteiger partial charge in [0.1, 0.15) is 11.6 Å². The van der Waals surface area contributed by atoms with Crippen molar-refractivity contribution in [2.24, 2.45) is 0 Å². The molecule has 0 aliphatic carbocycles. The van der Waals surface area contributed by atoms with Crippen molar-refractivity contribution in [3.05, 3.63) is 102 Å². The lowest BCUT2D eigenvalue weighted by Crippen LogP contribution is -2.12. The first kappa shape index (κ1) is 17.6. The van der Waals surface area contributed by atoms with Crippen molar-refractivity contribution in [3.63, 3.8) is 0 Å². The zero-order valence-corrected chi connectivity index (χ0v) is 14.5. The van der Waals surface area contributed by atoms with Crippen molar-refractivity contribution < 1.29 is 18.3 Å². The molecule has 138 valence electrons. The summed E-state index contributed by atoms with van der Waals surface area (Å²) in [7, 11) is 0. The summed E-state index contributed by atoms with van der Waals surface area (Å²) in [5, 5.41) is 4.49. The Bertz CT molecular complexity index is 1120. The fourth-order valence-electron chi connectivity index (χ4n) is 2.72. The van der Waals surface area contributed by atoms with E-state index in [0.717, 1.165) is 11.6 Å². The van der Waals surface area contributed by atoms with E-state index in [4.69, 9.17) is 4.74 Å². The Morgan fingerprint density at radius 2 is 1.57 bits per heavy atom. The number of hydrogen-bond donors (Lipinski definition) is 0. The van der Waals surface area contributed by atoms with Gasteiger partial charge in [-0.1, -0.05) is 36.4 Å². The lowest BCUT2D eigenvalue weighted by atomic mass is 10.2. The van der Waals surface area contributed by atoms with E-state index in [1.165, 1.54) is 47.1 Å². The quantitative estimate of drug-likeness (QED) is 0.469. The number of benzene rings is 3. The molecule has 0 saturated heterocycles. The lowest BCUT2D eigenvalue weighted by molar-refractivity contribution is 0.0722. The van der Waals surface area contributed by atoms with Crippen molar-refractivity contribution in [2.75, 3.05) is 0 Å². The van der Waals surface area contributed by atoms with Crippen LogP contribution in [0.3, 0.4) is 0 Å². The summed E-state index contributed by atoms with van der Waals surface area (Å²) in [6.07, 6.45) is 0. The monoisotopic (exact) mass is 376 g/mol. The third-order valence-electron chi connectivity index (χ3n) is 4.08. The molecule has 0 unspecified atom stereocenters. The lowest BCUT2D eigenvalue weighted by Gasteiger charge is -2.08. The molecular weight excluding hydrogens is 362 g/mol. The van der Waals surface area contributed by atoms with Crippen LogP contribution >= 0.6 is 0 Å². The molecule has 3 aromatic carbocycles. The van der Waals surface area contributed by atoms with Crippen molar-refractivity contribution >= 4 is 5.97 Å². The SMILES string of the molecule is O=C(Oc1cc(-c2ccccc2)nn1-c1ccc(F)cc1)c1cccc(F)c1. The van der Waals surface area contributed by atoms with Crippen LogP contribution in [0.2, 0.25) is 0 Å². The molecule has 4 aromatic rings. The molecule has 0 N–H and O–H groups in total. The molecule has 0 spiro atoms. The van der Waals surface area contributed by atoms with Crippen molar-refractivity contribution in [1.29, 1.82) is 0 Å². The number of nitrogens with zero attached hydrogens (tertiary/aromatic N) is 2. The van der Waals surface area contributed by atoms with Gasteiger partial charge in [0, 0.05) is 11.6 Å². The summed E-state index contributed by atoms with van der Waals surface area (Å²) in [6, 6.07) is 21.8. The van der Waals surface area contributed by atoms with Crippen molar-refractivity contribution in [2.45, 2.75) is 0 Å². The minimum absolute atomic E-state index is 0.0770. The second-order valence-corrected chi connectivity index (χ2v) is 6.02. The minimum atomic E-state index is -0.720. The molecule has 0 aliphatic rings. The maximum absolute atomic E-state index is 13.4. The number of carbonyl (C=O) groups is 1. The molecule has 6 heteroatoms. The van der Waals surface area contributed by atoms with E-state index in [2.05, 4.69) is 5.10 Å². The van der Waals surface area contributed by atoms with Crippen LogP contribution in [0.5, 0.6) is 5.88 Å². The van der Waals surface area contributed by atoms with Crippen LogP contribution in [0.4, 0.5) is 8.78 Å². The molecule has 1 heterocycles. The molecular formula is C22H14F2N2O2. The Morgan fingerprint density at radius 3 is 2.29 bits per heavy atom. The number of aromatic nitrogens is 2. The first-order chi connectivity index (χ1) is 13.6. The third kappa shape index (κ3) is 3.66. The molecule has 0 amide bonds. The molecule has 0 radical (unpaired) electrons. The van der Waals surface area contributed by atoms with E-state index in [9.17, 15) is 13.6 Å². The minimum Gasteiger partial charge on any atom is -0.404 e. The highest BCUT2D eigenvalue weighted by molar-refractivity contribution is 5.91. The van der Waals surface area contributed by atoms with E-state index in [1.807, 2.05) is 30.3 Å². The van der Waals surface area contributed by atoms with Gasteiger partial charge in [-0.15, -0.1) is 0 Å². The summed E-state index contributed by atoms with van der Waals surface area (Å²) < 4.78 is 33.6. The topological polar surface area (TPSA) is 44.1 Å². The Labute approximate surface area is 159 Å². The Balaban J connectivity index is 1.75. The Hall–Kier alpha value is -3.80. The largest absolute Gasteiger partial charge is 0.404 e. The molecule has 4 rings (SSSR count). The highest BCUT2D eigenvalue weighted by Crippen LogP contribution is 2.27. The maximum Gasteiger partial charge on any atom is 0.344 e. The van der Waals surface area contributed by atoms with E-state index in [1.54, 1.807) is 6.07 Å².